The van der Waals surface area contributed by atoms with E-state index in [2.05, 4.69) is 40.8 Å². The van der Waals surface area contributed by atoms with Gasteiger partial charge in [-0.2, -0.15) is 15.0 Å². The number of anilines is 3. The van der Waals surface area contributed by atoms with Gasteiger partial charge in [0.2, 0.25) is 11.9 Å². The third-order valence-corrected chi connectivity index (χ3v) is 5.21. The molecule has 1 amide bonds. The molecule has 2 aromatic rings. The van der Waals surface area contributed by atoms with E-state index >= 15 is 0 Å². The van der Waals surface area contributed by atoms with Crippen LogP contribution in [0.25, 0.3) is 0 Å². The normalized spacial score (nSPS) is 14.9. The molecule has 0 spiro atoms. The van der Waals surface area contributed by atoms with Crippen molar-refractivity contribution in [2.24, 2.45) is 0 Å². The highest BCUT2D eigenvalue weighted by molar-refractivity contribution is 5.96. The van der Waals surface area contributed by atoms with E-state index in [-0.39, 0.29) is 5.91 Å². The van der Waals surface area contributed by atoms with Gasteiger partial charge in [-0.25, -0.2) is 4.98 Å². The lowest BCUT2D eigenvalue weighted by molar-refractivity contribution is 0.0378. The third-order valence-electron chi connectivity index (χ3n) is 5.21. The maximum atomic E-state index is 12.6. The second kappa shape index (κ2) is 13.4. The number of carbonyl (C=O) groups excluding carboxylic acids is 1. The average molecular weight is 467 g/mol. The van der Waals surface area contributed by atoms with E-state index in [0.717, 1.165) is 51.5 Å². The van der Waals surface area contributed by atoms with Gasteiger partial charge in [0.25, 0.3) is 5.91 Å². The predicted octanol–water partition coefficient (Wildman–Crippen LogP) is 2.92. The first-order chi connectivity index (χ1) is 16.6. The lowest BCUT2D eigenvalue weighted by Crippen LogP contribution is -2.37. The fraction of sp³-hybridized carbons (Fsp3) is 0.458. The number of pyridine rings is 1. The summed E-state index contributed by atoms with van der Waals surface area (Å²) in [5.41, 5.74) is 1.21. The van der Waals surface area contributed by atoms with Gasteiger partial charge < -0.3 is 20.7 Å². The molecule has 0 aromatic carbocycles. The zero-order valence-electron chi connectivity index (χ0n) is 20.2. The van der Waals surface area contributed by atoms with Gasteiger partial charge in [-0.3, -0.25) is 9.69 Å². The Kier molecular flexibility index (Phi) is 9.93. The number of nitrogens with one attached hydrogen (secondary N) is 3. The summed E-state index contributed by atoms with van der Waals surface area (Å²) in [6.07, 6.45) is 8.78. The quantitative estimate of drug-likeness (QED) is 0.339. The molecule has 1 aliphatic heterocycles. The fourth-order valence-electron chi connectivity index (χ4n) is 3.39. The number of allylic oxidation sites excluding steroid dienone is 3. The van der Waals surface area contributed by atoms with Crippen molar-refractivity contribution in [2.45, 2.75) is 33.6 Å². The highest BCUT2D eigenvalue weighted by Gasteiger charge is 2.12. The number of ether oxygens (including phenoxy) is 1. The van der Waals surface area contributed by atoms with Gasteiger partial charge in [0.05, 0.1) is 13.2 Å². The van der Waals surface area contributed by atoms with E-state index < -0.39 is 0 Å². The molecule has 2 aromatic heterocycles. The van der Waals surface area contributed by atoms with Crippen LogP contribution in [-0.2, 0) is 11.2 Å². The standard InChI is InChI=1S/C24H34N8O2/c1-4-8-19(5-2)27-22(33)18-9-11-25-21(17-18)30-24-29-20(6-3)28-23(31-24)26-10-7-12-32-13-15-34-16-14-32/h4-5,8-9,11,17H,6-7,10,12-16H2,1-3H3,(H,27,33)(H2,25,26,28,29,30,31). The van der Waals surface area contributed by atoms with Crippen LogP contribution in [0.5, 0.6) is 0 Å². The van der Waals surface area contributed by atoms with Gasteiger partial charge >= 0.3 is 0 Å². The first-order valence-electron chi connectivity index (χ1n) is 11.7. The number of rotatable bonds is 11. The summed E-state index contributed by atoms with van der Waals surface area (Å²) < 4.78 is 5.39. The molecule has 3 rings (SSSR count). The molecule has 0 atom stereocenters. The molecule has 3 N–H and O–H groups in total. The number of hydrogen-bond acceptors (Lipinski definition) is 9. The van der Waals surface area contributed by atoms with Crippen molar-refractivity contribution in [1.29, 1.82) is 0 Å². The number of aromatic nitrogens is 4. The van der Waals surface area contributed by atoms with E-state index in [0.29, 0.717) is 35.5 Å². The molecule has 3 heterocycles. The lowest BCUT2D eigenvalue weighted by atomic mass is 10.2. The predicted molar refractivity (Wildman–Crippen MR) is 133 cm³/mol. The van der Waals surface area contributed by atoms with E-state index in [9.17, 15) is 4.79 Å². The minimum atomic E-state index is -0.218. The van der Waals surface area contributed by atoms with Crippen molar-refractivity contribution in [1.82, 2.24) is 30.2 Å². The fourth-order valence-corrected chi connectivity index (χ4v) is 3.39. The lowest BCUT2D eigenvalue weighted by Gasteiger charge is -2.26. The summed E-state index contributed by atoms with van der Waals surface area (Å²) in [6, 6.07) is 3.33. The summed E-state index contributed by atoms with van der Waals surface area (Å²) in [4.78, 5) is 32.7. The number of carbonyl (C=O) groups is 1. The van der Waals surface area contributed by atoms with Gasteiger partial charge in [-0.05, 0) is 45.0 Å². The number of morpholine rings is 1. The maximum absolute atomic E-state index is 12.6. The summed E-state index contributed by atoms with van der Waals surface area (Å²) in [6.45, 7) is 11.1. The Morgan fingerprint density at radius 2 is 1.97 bits per heavy atom. The average Bonchev–Trinajstić information content (AvgIpc) is 2.87. The SMILES string of the molecule is CC=CC(=CC)NC(=O)c1ccnc(Nc2nc(CC)nc(NCCCN3CCOCC3)n2)c1. The Labute approximate surface area is 201 Å². The minimum absolute atomic E-state index is 0.218. The monoisotopic (exact) mass is 466 g/mol. The maximum Gasteiger partial charge on any atom is 0.255 e. The van der Waals surface area contributed by atoms with Gasteiger partial charge in [-0.1, -0.05) is 19.1 Å². The molecule has 1 aliphatic rings. The van der Waals surface area contributed by atoms with E-state index in [1.165, 1.54) is 0 Å². The summed E-state index contributed by atoms with van der Waals surface area (Å²) in [7, 11) is 0. The molecular weight excluding hydrogens is 432 g/mol. The molecule has 0 bridgehead atoms. The molecule has 0 unspecified atom stereocenters. The van der Waals surface area contributed by atoms with Crippen LogP contribution in [-0.4, -0.2) is 70.1 Å². The molecule has 0 saturated carbocycles. The Bertz CT molecular complexity index is 1000. The van der Waals surface area contributed by atoms with E-state index in [1.54, 1.807) is 18.3 Å². The summed E-state index contributed by atoms with van der Waals surface area (Å²) in [5, 5.41) is 9.28. The molecule has 0 radical (unpaired) electrons. The van der Waals surface area contributed by atoms with Crippen LogP contribution in [0.1, 0.15) is 43.4 Å². The number of nitrogens with zero attached hydrogens (tertiary/aromatic N) is 5. The van der Waals surface area contributed by atoms with Crippen LogP contribution in [0.15, 0.2) is 42.3 Å². The van der Waals surface area contributed by atoms with Gasteiger partial charge in [0.15, 0.2) is 0 Å². The molecular formula is C24H34N8O2. The highest BCUT2D eigenvalue weighted by atomic mass is 16.5. The molecule has 10 heteroatoms. The van der Waals surface area contributed by atoms with Crippen LogP contribution in [0, 0.1) is 0 Å². The van der Waals surface area contributed by atoms with Crippen molar-refractivity contribution >= 4 is 23.6 Å². The second-order valence-corrected chi connectivity index (χ2v) is 7.74. The van der Waals surface area contributed by atoms with Crippen molar-refractivity contribution < 1.29 is 9.53 Å². The first kappa shape index (κ1) is 25.3. The number of hydrogen-bond donors (Lipinski definition) is 3. The minimum Gasteiger partial charge on any atom is -0.379 e. The smallest absolute Gasteiger partial charge is 0.255 e. The Morgan fingerprint density at radius 1 is 1.18 bits per heavy atom. The van der Waals surface area contributed by atoms with Crippen LogP contribution in [0.3, 0.4) is 0 Å². The highest BCUT2D eigenvalue weighted by Crippen LogP contribution is 2.14. The zero-order chi connectivity index (χ0) is 24.2. The largest absolute Gasteiger partial charge is 0.379 e. The van der Waals surface area contributed by atoms with Crippen molar-refractivity contribution in [3.63, 3.8) is 0 Å². The van der Waals surface area contributed by atoms with Crippen molar-refractivity contribution in [3.8, 4) is 0 Å². The number of amides is 1. The third kappa shape index (κ3) is 7.89. The molecule has 1 fully saturated rings. The summed E-state index contributed by atoms with van der Waals surface area (Å²) >= 11 is 0. The van der Waals surface area contributed by atoms with E-state index in [1.807, 2.05) is 39.0 Å². The second-order valence-electron chi connectivity index (χ2n) is 7.74. The van der Waals surface area contributed by atoms with Crippen LogP contribution in [0.2, 0.25) is 0 Å². The topological polar surface area (TPSA) is 117 Å². The summed E-state index contributed by atoms with van der Waals surface area (Å²) in [5.74, 6) is 1.84. The molecule has 0 aliphatic carbocycles. The molecule has 10 nitrogen and oxygen atoms in total. The first-order valence-corrected chi connectivity index (χ1v) is 11.7. The molecule has 182 valence electrons. The van der Waals surface area contributed by atoms with Crippen molar-refractivity contribution in [2.75, 3.05) is 50.0 Å². The Morgan fingerprint density at radius 3 is 2.71 bits per heavy atom. The molecule has 1 saturated heterocycles. The Balaban J connectivity index is 1.62. The molecule has 34 heavy (non-hydrogen) atoms. The van der Waals surface area contributed by atoms with Gasteiger partial charge in [0.1, 0.15) is 11.6 Å². The van der Waals surface area contributed by atoms with E-state index in [4.69, 9.17) is 4.74 Å². The van der Waals surface area contributed by atoms with Crippen LogP contribution in [0.4, 0.5) is 17.7 Å². The van der Waals surface area contributed by atoms with Gasteiger partial charge in [-0.15, -0.1) is 0 Å². The van der Waals surface area contributed by atoms with Crippen LogP contribution < -0.4 is 16.0 Å². The van der Waals surface area contributed by atoms with Crippen LogP contribution >= 0.6 is 0 Å². The van der Waals surface area contributed by atoms with Crippen molar-refractivity contribution in [3.05, 3.63) is 53.6 Å². The number of aryl methyl sites for hydroxylation is 1. The Hall–Kier alpha value is -3.37. The van der Waals surface area contributed by atoms with Gasteiger partial charge in [0, 0.05) is 43.5 Å². The zero-order valence-corrected chi connectivity index (χ0v) is 20.2.